The Labute approximate surface area is 110 Å². The molecule has 0 N–H and O–H groups in total. The second-order valence-corrected chi connectivity index (χ2v) is 3.93. The van der Waals surface area contributed by atoms with Crippen molar-refractivity contribution in [3.05, 3.63) is 71.3 Å². The molecule has 4 heteroatoms. The van der Waals surface area contributed by atoms with Gasteiger partial charge >= 0.3 is 5.97 Å². The van der Waals surface area contributed by atoms with Crippen molar-refractivity contribution in [2.24, 2.45) is 0 Å². The Morgan fingerprint density at radius 1 is 0.895 bits per heavy atom. The minimum absolute atomic E-state index is 0.0274. The predicted octanol–water partition coefficient (Wildman–Crippen LogP) is 1.41. The van der Waals surface area contributed by atoms with Crippen LogP contribution in [0.5, 0.6) is 0 Å². The molecule has 0 aliphatic heterocycles. The van der Waals surface area contributed by atoms with Crippen LogP contribution in [-0.2, 0) is 11.3 Å². The normalized spacial score (nSPS) is 9.89. The third-order valence-electron chi connectivity index (χ3n) is 2.57. The molecule has 2 rings (SSSR count). The van der Waals surface area contributed by atoms with Crippen LogP contribution in [-0.4, -0.2) is 11.9 Å². The number of rotatable bonds is 4. The molecule has 2 aromatic carbocycles. The quantitative estimate of drug-likeness (QED) is 0.775. The fraction of sp³-hybridized carbons (Fsp3) is 0.0667. The summed E-state index contributed by atoms with van der Waals surface area (Å²) in [5.74, 6) is -1.77. The predicted molar refractivity (Wildman–Crippen MR) is 66.3 cm³/mol. The highest BCUT2D eigenvalue weighted by Gasteiger charge is 2.07. The molecule has 19 heavy (non-hydrogen) atoms. The Morgan fingerprint density at radius 3 is 2.05 bits per heavy atom. The third-order valence-corrected chi connectivity index (χ3v) is 2.57. The van der Waals surface area contributed by atoms with Crippen molar-refractivity contribution in [2.75, 3.05) is 0 Å². The molecule has 0 aliphatic rings. The first-order chi connectivity index (χ1) is 9.16. The van der Waals surface area contributed by atoms with Gasteiger partial charge in [-0.15, -0.1) is 0 Å². The van der Waals surface area contributed by atoms with E-state index in [0.717, 1.165) is 5.56 Å². The standard InChI is InChI=1S/C15H12O4/c16-14(17)12-6-8-13(9-7-12)15(18)19-10-11-4-2-1-3-5-11/h1-9H,10H2,(H,16,17)/p-1. The smallest absolute Gasteiger partial charge is 0.338 e. The van der Waals surface area contributed by atoms with Gasteiger partial charge in [-0.2, -0.15) is 0 Å². The van der Waals surface area contributed by atoms with E-state index in [0.29, 0.717) is 5.56 Å². The van der Waals surface area contributed by atoms with Gasteiger partial charge in [0.25, 0.3) is 0 Å². The highest BCUT2D eigenvalue weighted by molar-refractivity contribution is 5.91. The molecule has 0 atom stereocenters. The zero-order valence-electron chi connectivity index (χ0n) is 10.0. The van der Waals surface area contributed by atoms with Gasteiger partial charge in [-0.3, -0.25) is 0 Å². The van der Waals surface area contributed by atoms with E-state index in [1.54, 1.807) is 0 Å². The van der Waals surface area contributed by atoms with Gasteiger partial charge in [-0.05, 0) is 23.3 Å². The molecule has 0 saturated heterocycles. The molecular weight excluding hydrogens is 244 g/mol. The first kappa shape index (κ1) is 12.8. The Bertz CT molecular complexity index is 573. The van der Waals surface area contributed by atoms with Crippen LogP contribution >= 0.6 is 0 Å². The molecule has 2 aromatic rings. The largest absolute Gasteiger partial charge is 0.545 e. The van der Waals surface area contributed by atoms with Crippen LogP contribution in [0.3, 0.4) is 0 Å². The summed E-state index contributed by atoms with van der Waals surface area (Å²) >= 11 is 0. The molecule has 0 radical (unpaired) electrons. The topological polar surface area (TPSA) is 66.4 Å². The van der Waals surface area contributed by atoms with Crippen LogP contribution in [0.25, 0.3) is 0 Å². The molecule has 0 aliphatic carbocycles. The average Bonchev–Trinajstić information content (AvgIpc) is 2.46. The number of aromatic carboxylic acids is 1. The first-order valence-electron chi connectivity index (χ1n) is 5.69. The Balaban J connectivity index is 1.98. The molecule has 4 nitrogen and oxygen atoms in total. The number of esters is 1. The van der Waals surface area contributed by atoms with Gasteiger partial charge in [0.1, 0.15) is 6.61 Å². The van der Waals surface area contributed by atoms with Gasteiger partial charge in [-0.25, -0.2) is 4.79 Å². The highest BCUT2D eigenvalue weighted by atomic mass is 16.5. The average molecular weight is 255 g/mol. The van der Waals surface area contributed by atoms with Crippen molar-refractivity contribution in [2.45, 2.75) is 6.61 Å². The van der Waals surface area contributed by atoms with Crippen molar-refractivity contribution in [3.8, 4) is 0 Å². The fourth-order valence-corrected chi connectivity index (χ4v) is 1.55. The summed E-state index contributed by atoms with van der Waals surface area (Å²) in [6.07, 6.45) is 0. The van der Waals surface area contributed by atoms with Crippen molar-refractivity contribution in [1.82, 2.24) is 0 Å². The van der Waals surface area contributed by atoms with Crippen molar-refractivity contribution in [3.63, 3.8) is 0 Å². The summed E-state index contributed by atoms with van der Waals surface area (Å²) in [6, 6.07) is 14.7. The maximum absolute atomic E-state index is 11.7. The SMILES string of the molecule is O=C([O-])c1ccc(C(=O)OCc2ccccc2)cc1. The van der Waals surface area contributed by atoms with Crippen LogP contribution < -0.4 is 5.11 Å². The lowest BCUT2D eigenvalue weighted by molar-refractivity contribution is -0.255. The van der Waals surface area contributed by atoms with Crippen molar-refractivity contribution < 1.29 is 19.4 Å². The second kappa shape index (κ2) is 5.82. The van der Waals surface area contributed by atoms with Gasteiger partial charge in [-0.1, -0.05) is 42.5 Å². The number of carboxylic acid groups (broad SMARTS) is 1. The summed E-state index contributed by atoms with van der Waals surface area (Å²) in [6.45, 7) is 0.182. The number of carbonyl (C=O) groups excluding carboxylic acids is 2. The monoisotopic (exact) mass is 255 g/mol. The van der Waals surface area contributed by atoms with Crippen LogP contribution in [0.1, 0.15) is 26.3 Å². The van der Waals surface area contributed by atoms with Crippen LogP contribution in [0.15, 0.2) is 54.6 Å². The Hall–Kier alpha value is -2.62. The Morgan fingerprint density at radius 2 is 1.47 bits per heavy atom. The number of carbonyl (C=O) groups is 2. The van der Waals surface area contributed by atoms with Crippen molar-refractivity contribution >= 4 is 11.9 Å². The van der Waals surface area contributed by atoms with E-state index in [1.807, 2.05) is 30.3 Å². The molecule has 0 aromatic heterocycles. The number of carboxylic acids is 1. The van der Waals surface area contributed by atoms with Gasteiger partial charge < -0.3 is 14.6 Å². The maximum Gasteiger partial charge on any atom is 0.338 e. The number of hydrogen-bond donors (Lipinski definition) is 0. The lowest BCUT2D eigenvalue weighted by atomic mass is 10.1. The van der Waals surface area contributed by atoms with Gasteiger partial charge in [0.05, 0.1) is 11.5 Å². The molecule has 0 saturated carbocycles. The fourth-order valence-electron chi connectivity index (χ4n) is 1.55. The van der Waals surface area contributed by atoms with Crippen LogP contribution in [0.2, 0.25) is 0 Å². The summed E-state index contributed by atoms with van der Waals surface area (Å²) in [5, 5.41) is 10.6. The minimum Gasteiger partial charge on any atom is -0.545 e. The zero-order valence-corrected chi connectivity index (χ0v) is 10.0. The number of hydrogen-bond acceptors (Lipinski definition) is 4. The molecule has 96 valence electrons. The molecule has 0 amide bonds. The van der Waals surface area contributed by atoms with Gasteiger partial charge in [0.15, 0.2) is 0 Å². The van der Waals surface area contributed by atoms with E-state index in [-0.39, 0.29) is 12.2 Å². The first-order valence-corrected chi connectivity index (χ1v) is 5.69. The molecule has 0 spiro atoms. The number of ether oxygens (including phenoxy) is 1. The van der Waals surface area contributed by atoms with E-state index >= 15 is 0 Å². The molecule has 0 unspecified atom stereocenters. The zero-order chi connectivity index (χ0) is 13.7. The molecule has 0 fully saturated rings. The van der Waals surface area contributed by atoms with E-state index in [4.69, 9.17) is 4.74 Å². The Kier molecular flexibility index (Phi) is 3.93. The van der Waals surface area contributed by atoms with Crippen LogP contribution in [0.4, 0.5) is 0 Å². The van der Waals surface area contributed by atoms with E-state index < -0.39 is 11.9 Å². The minimum atomic E-state index is -1.27. The lowest BCUT2D eigenvalue weighted by Crippen LogP contribution is -2.22. The summed E-state index contributed by atoms with van der Waals surface area (Å²) in [4.78, 5) is 22.3. The van der Waals surface area contributed by atoms with Gasteiger partial charge in [0, 0.05) is 0 Å². The highest BCUT2D eigenvalue weighted by Crippen LogP contribution is 2.08. The van der Waals surface area contributed by atoms with E-state index in [9.17, 15) is 14.7 Å². The lowest BCUT2D eigenvalue weighted by Gasteiger charge is -2.06. The van der Waals surface area contributed by atoms with E-state index in [1.165, 1.54) is 24.3 Å². The molecular formula is C15H11O4-. The van der Waals surface area contributed by atoms with Gasteiger partial charge in [0.2, 0.25) is 0 Å². The third kappa shape index (κ3) is 3.42. The summed E-state index contributed by atoms with van der Waals surface area (Å²) in [5.41, 5.74) is 1.22. The molecule has 0 bridgehead atoms. The summed E-state index contributed by atoms with van der Waals surface area (Å²) < 4.78 is 5.11. The number of benzene rings is 2. The molecule has 0 heterocycles. The summed E-state index contributed by atoms with van der Waals surface area (Å²) in [7, 11) is 0. The van der Waals surface area contributed by atoms with Crippen molar-refractivity contribution in [1.29, 1.82) is 0 Å². The van der Waals surface area contributed by atoms with E-state index in [2.05, 4.69) is 0 Å². The second-order valence-electron chi connectivity index (χ2n) is 3.93. The maximum atomic E-state index is 11.7. The van der Waals surface area contributed by atoms with Crippen LogP contribution in [0, 0.1) is 0 Å².